The third-order valence-corrected chi connectivity index (χ3v) is 6.55. The molecule has 3 heterocycles. The number of rotatable bonds is 7. The van der Waals surface area contributed by atoms with E-state index in [1.54, 1.807) is 18.2 Å². The van der Waals surface area contributed by atoms with Gasteiger partial charge < -0.3 is 15.4 Å². The maximum absolute atomic E-state index is 13.7. The second-order valence-corrected chi connectivity index (χ2v) is 9.27. The van der Waals surface area contributed by atoms with Gasteiger partial charge in [-0.15, -0.1) is 0 Å². The van der Waals surface area contributed by atoms with Crippen molar-refractivity contribution >= 4 is 28.1 Å². The van der Waals surface area contributed by atoms with Gasteiger partial charge in [0, 0.05) is 35.1 Å². The highest BCUT2D eigenvalue weighted by atomic mass is 19.4. The van der Waals surface area contributed by atoms with Gasteiger partial charge >= 0.3 is 6.18 Å². The quantitative estimate of drug-likeness (QED) is 0.234. The summed E-state index contributed by atoms with van der Waals surface area (Å²) in [6.45, 7) is 1.41. The summed E-state index contributed by atoms with van der Waals surface area (Å²) < 4.78 is 47.0. The van der Waals surface area contributed by atoms with Gasteiger partial charge in [-0.25, -0.2) is 9.97 Å². The number of pyridine rings is 1. The Hall–Kier alpha value is -4.50. The van der Waals surface area contributed by atoms with Crippen LogP contribution in [0, 0.1) is 0 Å². The Labute approximate surface area is 222 Å². The summed E-state index contributed by atoms with van der Waals surface area (Å²) in [5.41, 5.74) is 4.07. The number of hydrogen-bond acceptors (Lipinski definition) is 6. The lowest BCUT2D eigenvalue weighted by Gasteiger charge is -2.15. The summed E-state index contributed by atoms with van der Waals surface area (Å²) >= 11 is 0. The topological polar surface area (TPSA) is 72.0 Å². The van der Waals surface area contributed by atoms with Crippen LogP contribution in [0.25, 0.3) is 22.2 Å². The van der Waals surface area contributed by atoms with Gasteiger partial charge in [0.2, 0.25) is 0 Å². The minimum Gasteiger partial charge on any atom is -0.384 e. The summed E-state index contributed by atoms with van der Waals surface area (Å²) in [6, 6.07) is 23.1. The molecule has 0 amide bonds. The van der Waals surface area contributed by atoms with Gasteiger partial charge in [0.05, 0.1) is 23.4 Å². The van der Waals surface area contributed by atoms with Crippen molar-refractivity contribution in [2.45, 2.75) is 25.8 Å². The van der Waals surface area contributed by atoms with Crippen molar-refractivity contribution in [1.82, 2.24) is 15.0 Å². The summed E-state index contributed by atoms with van der Waals surface area (Å²) in [4.78, 5) is 13.4. The van der Waals surface area contributed by atoms with Gasteiger partial charge in [-0.3, -0.25) is 4.98 Å². The standard InChI is InChI=1S/C30H24F3N5O/c31-30(32,33)24-7-4-13-35-28(24)21-8-10-23-26(16-21)37-27(18-39-17-19-5-2-1-3-6-19)38-29(23)36-22-9-11-25-20(15-22)12-14-34-25/h1-11,13,15-16,34H,12,14,17-18H2,(H,36,37,38). The van der Waals surface area contributed by atoms with Crippen molar-refractivity contribution in [2.75, 3.05) is 17.2 Å². The molecular weight excluding hydrogens is 503 g/mol. The molecule has 3 aromatic carbocycles. The largest absolute Gasteiger partial charge is 0.418 e. The third-order valence-electron chi connectivity index (χ3n) is 6.55. The van der Waals surface area contributed by atoms with Crippen LogP contribution in [0.15, 0.2) is 85.1 Å². The van der Waals surface area contributed by atoms with Crippen LogP contribution in [-0.2, 0) is 30.5 Å². The summed E-state index contributed by atoms with van der Waals surface area (Å²) in [5.74, 6) is 0.964. The van der Waals surface area contributed by atoms with Crippen LogP contribution in [0.4, 0.5) is 30.4 Å². The molecule has 0 saturated carbocycles. The number of nitrogens with one attached hydrogen (secondary N) is 2. The minimum atomic E-state index is -4.53. The van der Waals surface area contributed by atoms with Crippen LogP contribution in [-0.4, -0.2) is 21.5 Å². The van der Waals surface area contributed by atoms with Crippen molar-refractivity contribution < 1.29 is 17.9 Å². The highest BCUT2D eigenvalue weighted by Gasteiger charge is 2.34. The monoisotopic (exact) mass is 527 g/mol. The van der Waals surface area contributed by atoms with E-state index in [9.17, 15) is 13.2 Å². The zero-order chi connectivity index (χ0) is 26.8. The smallest absolute Gasteiger partial charge is 0.384 e. The highest BCUT2D eigenvalue weighted by molar-refractivity contribution is 5.93. The van der Waals surface area contributed by atoms with E-state index < -0.39 is 11.7 Å². The Morgan fingerprint density at radius 3 is 2.62 bits per heavy atom. The predicted octanol–water partition coefficient (Wildman–Crippen LogP) is 7.14. The van der Waals surface area contributed by atoms with Gasteiger partial charge in [0.1, 0.15) is 12.4 Å². The zero-order valence-corrected chi connectivity index (χ0v) is 20.8. The fourth-order valence-corrected chi connectivity index (χ4v) is 4.70. The Morgan fingerprint density at radius 2 is 1.77 bits per heavy atom. The fraction of sp³-hybridized carbons (Fsp3) is 0.167. The average Bonchev–Trinajstić information content (AvgIpc) is 3.41. The highest BCUT2D eigenvalue weighted by Crippen LogP contribution is 2.37. The van der Waals surface area contributed by atoms with E-state index in [1.807, 2.05) is 42.5 Å². The van der Waals surface area contributed by atoms with Crippen molar-refractivity contribution in [2.24, 2.45) is 0 Å². The number of aromatic nitrogens is 3. The van der Waals surface area contributed by atoms with Crippen molar-refractivity contribution in [3.05, 3.63) is 108 Å². The maximum Gasteiger partial charge on any atom is 0.418 e. The number of ether oxygens (including phenoxy) is 1. The van der Waals surface area contributed by atoms with Crippen molar-refractivity contribution in [1.29, 1.82) is 0 Å². The van der Waals surface area contributed by atoms with Gasteiger partial charge in [-0.2, -0.15) is 13.2 Å². The van der Waals surface area contributed by atoms with Gasteiger partial charge in [-0.05, 0) is 60.0 Å². The molecule has 5 aromatic rings. The van der Waals surface area contributed by atoms with E-state index in [-0.39, 0.29) is 12.3 Å². The van der Waals surface area contributed by atoms with Crippen molar-refractivity contribution in [3.63, 3.8) is 0 Å². The minimum absolute atomic E-state index is 0.134. The molecule has 2 aromatic heterocycles. The fourth-order valence-electron chi connectivity index (χ4n) is 4.70. The Bertz CT molecular complexity index is 1640. The molecular formula is C30H24F3N5O. The second kappa shape index (κ2) is 10.3. The summed E-state index contributed by atoms with van der Waals surface area (Å²) in [6.07, 6.45) is -2.24. The van der Waals surface area contributed by atoms with Crippen LogP contribution < -0.4 is 10.6 Å². The number of halogens is 3. The zero-order valence-electron chi connectivity index (χ0n) is 20.8. The van der Waals surface area contributed by atoms with Crippen LogP contribution in [0.1, 0.15) is 22.5 Å². The number of benzene rings is 3. The molecule has 1 aliphatic rings. The molecule has 39 heavy (non-hydrogen) atoms. The molecule has 0 bridgehead atoms. The second-order valence-electron chi connectivity index (χ2n) is 9.27. The summed E-state index contributed by atoms with van der Waals surface area (Å²) in [7, 11) is 0. The lowest BCUT2D eigenvalue weighted by molar-refractivity contribution is -0.137. The molecule has 2 N–H and O–H groups in total. The van der Waals surface area contributed by atoms with Crippen LogP contribution in [0.3, 0.4) is 0 Å². The molecule has 1 aliphatic heterocycles. The molecule has 0 unspecified atom stereocenters. The molecule has 0 spiro atoms. The Balaban J connectivity index is 1.38. The molecule has 6 rings (SSSR count). The van der Waals surface area contributed by atoms with Crippen LogP contribution >= 0.6 is 0 Å². The van der Waals surface area contributed by atoms with Crippen LogP contribution in [0.5, 0.6) is 0 Å². The Kier molecular flexibility index (Phi) is 6.58. The number of fused-ring (bicyclic) bond motifs is 2. The van der Waals surface area contributed by atoms with Gasteiger partial charge in [0.15, 0.2) is 5.82 Å². The molecule has 0 aliphatic carbocycles. The average molecular weight is 528 g/mol. The number of alkyl halides is 3. The first-order valence-corrected chi connectivity index (χ1v) is 12.5. The predicted molar refractivity (Wildman–Crippen MR) is 145 cm³/mol. The first-order valence-electron chi connectivity index (χ1n) is 12.5. The van der Waals surface area contributed by atoms with E-state index in [1.165, 1.54) is 17.8 Å². The van der Waals surface area contributed by atoms with E-state index in [4.69, 9.17) is 9.72 Å². The SMILES string of the molecule is FC(F)(F)c1cccnc1-c1ccc2c(Nc3ccc4c(c3)CCN4)nc(COCc3ccccc3)nc2c1. The molecule has 196 valence electrons. The van der Waals surface area contributed by atoms with Crippen LogP contribution in [0.2, 0.25) is 0 Å². The molecule has 6 nitrogen and oxygen atoms in total. The summed E-state index contributed by atoms with van der Waals surface area (Å²) in [5, 5.41) is 7.41. The molecule has 9 heteroatoms. The number of hydrogen-bond donors (Lipinski definition) is 2. The van der Waals surface area contributed by atoms with E-state index in [0.717, 1.165) is 36.0 Å². The number of nitrogens with zero attached hydrogens (tertiary/aromatic N) is 3. The number of anilines is 3. The van der Waals surface area contributed by atoms with E-state index in [0.29, 0.717) is 34.7 Å². The van der Waals surface area contributed by atoms with Gasteiger partial charge in [-0.1, -0.05) is 36.4 Å². The van der Waals surface area contributed by atoms with Crippen molar-refractivity contribution in [3.8, 4) is 11.3 Å². The lowest BCUT2D eigenvalue weighted by atomic mass is 10.0. The Morgan fingerprint density at radius 1 is 0.897 bits per heavy atom. The lowest BCUT2D eigenvalue weighted by Crippen LogP contribution is -2.08. The van der Waals surface area contributed by atoms with Gasteiger partial charge in [0.25, 0.3) is 0 Å². The molecule has 0 saturated heterocycles. The molecule has 0 fully saturated rings. The normalized spacial score (nSPS) is 12.8. The first-order chi connectivity index (χ1) is 18.9. The first kappa shape index (κ1) is 24.8. The third kappa shape index (κ3) is 5.39. The molecule has 0 radical (unpaired) electrons. The maximum atomic E-state index is 13.7. The van der Waals surface area contributed by atoms with E-state index >= 15 is 0 Å². The molecule has 0 atom stereocenters. The van der Waals surface area contributed by atoms with E-state index in [2.05, 4.69) is 26.7 Å².